The molecule has 1 aromatic heterocycles. The zero-order valence-corrected chi connectivity index (χ0v) is 12.5. The summed E-state index contributed by atoms with van der Waals surface area (Å²) in [4.78, 5) is 0. The molecule has 0 saturated heterocycles. The van der Waals surface area contributed by atoms with Crippen LogP contribution in [0.1, 0.15) is 31.4 Å². The molecule has 1 aromatic carbocycles. The molecule has 0 aliphatic carbocycles. The monoisotopic (exact) mass is 272 g/mol. The lowest BCUT2D eigenvalue weighted by molar-refractivity contribution is 0.326. The third-order valence-electron chi connectivity index (χ3n) is 4.07. The molecule has 1 unspecified atom stereocenters. The molecule has 0 amide bonds. The third kappa shape index (κ3) is 3.26. The van der Waals surface area contributed by atoms with E-state index in [2.05, 4.69) is 54.8 Å². The van der Waals surface area contributed by atoms with E-state index in [1.807, 2.05) is 24.0 Å². The van der Waals surface area contributed by atoms with Crippen molar-refractivity contribution in [3.05, 3.63) is 53.9 Å². The Morgan fingerprint density at radius 1 is 1.30 bits per heavy atom. The highest BCUT2D eigenvalue weighted by Gasteiger charge is 2.30. The average molecular weight is 272 g/mol. The van der Waals surface area contributed by atoms with Crippen LogP contribution < -0.4 is 11.3 Å². The molecule has 0 spiro atoms. The highest BCUT2D eigenvalue weighted by atomic mass is 15.2. The molecule has 0 fully saturated rings. The van der Waals surface area contributed by atoms with E-state index in [0.29, 0.717) is 0 Å². The van der Waals surface area contributed by atoms with Crippen molar-refractivity contribution in [1.29, 1.82) is 0 Å². The second-order valence-corrected chi connectivity index (χ2v) is 5.87. The van der Waals surface area contributed by atoms with Gasteiger partial charge < -0.3 is 0 Å². The van der Waals surface area contributed by atoms with E-state index in [0.717, 1.165) is 12.8 Å². The highest BCUT2D eigenvalue weighted by molar-refractivity contribution is 5.26. The van der Waals surface area contributed by atoms with Crippen molar-refractivity contribution >= 4 is 0 Å². The van der Waals surface area contributed by atoms with Gasteiger partial charge in [-0.15, -0.1) is 0 Å². The van der Waals surface area contributed by atoms with Crippen LogP contribution in [0.3, 0.4) is 0 Å². The minimum absolute atomic E-state index is 0.0157. The molecule has 0 bridgehead atoms. The molecule has 108 valence electrons. The Labute approximate surface area is 121 Å². The predicted molar refractivity (Wildman–Crippen MR) is 82.1 cm³/mol. The summed E-state index contributed by atoms with van der Waals surface area (Å²) in [7, 11) is 1.94. The van der Waals surface area contributed by atoms with Crippen molar-refractivity contribution in [2.75, 3.05) is 0 Å². The van der Waals surface area contributed by atoms with Crippen LogP contribution in [0.25, 0.3) is 0 Å². The van der Waals surface area contributed by atoms with Gasteiger partial charge in [-0.2, -0.15) is 5.10 Å². The van der Waals surface area contributed by atoms with Crippen LogP contribution in [-0.2, 0) is 18.9 Å². The quantitative estimate of drug-likeness (QED) is 0.626. The third-order valence-corrected chi connectivity index (χ3v) is 4.07. The van der Waals surface area contributed by atoms with Crippen molar-refractivity contribution < 1.29 is 0 Å². The molecule has 0 aliphatic rings. The zero-order valence-electron chi connectivity index (χ0n) is 12.5. The van der Waals surface area contributed by atoms with Crippen LogP contribution in [-0.4, -0.2) is 15.8 Å². The van der Waals surface area contributed by atoms with Crippen LogP contribution in [0, 0.1) is 0 Å². The second-order valence-electron chi connectivity index (χ2n) is 5.87. The van der Waals surface area contributed by atoms with Gasteiger partial charge in [0.1, 0.15) is 0 Å². The molecule has 0 radical (unpaired) electrons. The lowest BCUT2D eigenvalue weighted by atomic mass is 9.76. The SMILES string of the molecule is Cn1cc(CCC(NN)C(C)(C)c2ccccc2)cn1. The second kappa shape index (κ2) is 6.20. The fourth-order valence-electron chi connectivity index (χ4n) is 2.63. The zero-order chi connectivity index (χ0) is 14.6. The first-order valence-electron chi connectivity index (χ1n) is 7.03. The molecule has 20 heavy (non-hydrogen) atoms. The molecule has 0 saturated carbocycles. The summed E-state index contributed by atoms with van der Waals surface area (Å²) in [6, 6.07) is 10.7. The summed E-state index contributed by atoms with van der Waals surface area (Å²) in [5, 5.41) is 4.21. The van der Waals surface area contributed by atoms with E-state index in [9.17, 15) is 0 Å². The maximum atomic E-state index is 5.79. The van der Waals surface area contributed by atoms with E-state index in [4.69, 9.17) is 5.84 Å². The number of aryl methyl sites for hydroxylation is 2. The van der Waals surface area contributed by atoms with Gasteiger partial charge in [0.2, 0.25) is 0 Å². The average Bonchev–Trinajstić information content (AvgIpc) is 2.86. The minimum atomic E-state index is -0.0157. The van der Waals surface area contributed by atoms with Crippen LogP contribution in [0.2, 0.25) is 0 Å². The first-order chi connectivity index (χ1) is 9.54. The van der Waals surface area contributed by atoms with Gasteiger partial charge in [-0.05, 0) is 24.0 Å². The number of hydrogen-bond acceptors (Lipinski definition) is 3. The molecular weight excluding hydrogens is 248 g/mol. The Bertz CT molecular complexity index is 530. The van der Waals surface area contributed by atoms with Crippen molar-refractivity contribution in [2.45, 2.75) is 38.1 Å². The van der Waals surface area contributed by atoms with Crippen LogP contribution in [0.15, 0.2) is 42.7 Å². The maximum Gasteiger partial charge on any atom is 0.0521 e. The molecule has 2 rings (SSSR count). The van der Waals surface area contributed by atoms with E-state index in [-0.39, 0.29) is 11.5 Å². The standard InChI is InChI=1S/C16H24N4/c1-16(2,14-7-5-4-6-8-14)15(19-17)10-9-13-11-18-20(3)12-13/h4-8,11-12,15,19H,9-10,17H2,1-3H3. The Kier molecular flexibility index (Phi) is 4.57. The van der Waals surface area contributed by atoms with Crippen molar-refractivity contribution in [3.63, 3.8) is 0 Å². The predicted octanol–water partition coefficient (Wildman–Crippen LogP) is 2.16. The molecule has 1 atom stereocenters. The molecule has 3 N–H and O–H groups in total. The van der Waals surface area contributed by atoms with E-state index >= 15 is 0 Å². The number of nitrogens with zero attached hydrogens (tertiary/aromatic N) is 2. The van der Waals surface area contributed by atoms with Crippen LogP contribution >= 0.6 is 0 Å². The fourth-order valence-corrected chi connectivity index (χ4v) is 2.63. The molecule has 4 heteroatoms. The first-order valence-corrected chi connectivity index (χ1v) is 7.03. The summed E-state index contributed by atoms with van der Waals surface area (Å²) in [6.07, 6.45) is 5.93. The number of rotatable bonds is 6. The van der Waals surface area contributed by atoms with Gasteiger partial charge in [0, 0.05) is 24.7 Å². The topological polar surface area (TPSA) is 55.9 Å². The summed E-state index contributed by atoms with van der Waals surface area (Å²) in [5.41, 5.74) is 5.52. The number of nitrogens with two attached hydrogens (primary N) is 1. The molecule has 4 nitrogen and oxygen atoms in total. The van der Waals surface area contributed by atoms with Gasteiger partial charge >= 0.3 is 0 Å². The van der Waals surface area contributed by atoms with Crippen molar-refractivity contribution in [1.82, 2.24) is 15.2 Å². The highest BCUT2D eigenvalue weighted by Crippen LogP contribution is 2.29. The normalized spacial score (nSPS) is 13.4. The Morgan fingerprint density at radius 3 is 2.55 bits per heavy atom. The maximum absolute atomic E-state index is 5.79. The number of hydrazine groups is 1. The summed E-state index contributed by atoms with van der Waals surface area (Å²) < 4.78 is 1.84. The summed E-state index contributed by atoms with van der Waals surface area (Å²) in [5.74, 6) is 5.79. The smallest absolute Gasteiger partial charge is 0.0521 e. The van der Waals surface area contributed by atoms with E-state index in [1.54, 1.807) is 0 Å². The van der Waals surface area contributed by atoms with Crippen LogP contribution in [0.4, 0.5) is 0 Å². The van der Waals surface area contributed by atoms with E-state index in [1.165, 1.54) is 11.1 Å². The Hall–Kier alpha value is -1.65. The van der Waals surface area contributed by atoms with Gasteiger partial charge in [-0.25, -0.2) is 0 Å². The number of nitrogens with one attached hydrogen (secondary N) is 1. The van der Waals surface area contributed by atoms with Gasteiger partial charge in [0.15, 0.2) is 0 Å². The number of hydrogen-bond donors (Lipinski definition) is 2. The van der Waals surface area contributed by atoms with Crippen LogP contribution in [0.5, 0.6) is 0 Å². The van der Waals surface area contributed by atoms with Gasteiger partial charge in [-0.1, -0.05) is 44.2 Å². The molecule has 1 heterocycles. The first kappa shape index (κ1) is 14.8. The number of benzene rings is 1. The molecular formula is C16H24N4. The Balaban J connectivity index is 2.07. The van der Waals surface area contributed by atoms with Crippen molar-refractivity contribution in [3.8, 4) is 0 Å². The molecule has 0 aliphatic heterocycles. The van der Waals surface area contributed by atoms with Gasteiger partial charge in [0.25, 0.3) is 0 Å². The molecule has 2 aromatic rings. The lowest BCUT2D eigenvalue weighted by Crippen LogP contribution is -2.48. The minimum Gasteiger partial charge on any atom is -0.276 e. The van der Waals surface area contributed by atoms with Gasteiger partial charge in [0.05, 0.1) is 6.20 Å². The fraction of sp³-hybridized carbons (Fsp3) is 0.438. The Morgan fingerprint density at radius 2 is 2.00 bits per heavy atom. The number of aromatic nitrogens is 2. The summed E-state index contributed by atoms with van der Waals surface area (Å²) >= 11 is 0. The van der Waals surface area contributed by atoms with Gasteiger partial charge in [-0.3, -0.25) is 16.0 Å². The van der Waals surface area contributed by atoms with Crippen molar-refractivity contribution in [2.24, 2.45) is 12.9 Å². The largest absolute Gasteiger partial charge is 0.276 e. The summed E-state index contributed by atoms with van der Waals surface area (Å²) in [6.45, 7) is 4.46. The van der Waals surface area contributed by atoms with E-state index < -0.39 is 0 Å². The lowest BCUT2D eigenvalue weighted by Gasteiger charge is -2.34.